The third kappa shape index (κ3) is 6.07. The van der Waals surface area contributed by atoms with E-state index in [-0.39, 0.29) is 24.9 Å². The van der Waals surface area contributed by atoms with Gasteiger partial charge >= 0.3 is 6.18 Å². The molecule has 4 rings (SSSR count). The SMILES string of the molecule is O=C(Nc1cnn(COc2cccc(Cl)c2)c1)c1ccn(COc2cccc(C(F)(F)F)c2)n1. The fourth-order valence-corrected chi connectivity index (χ4v) is 3.03. The van der Waals surface area contributed by atoms with Gasteiger partial charge in [-0.25, -0.2) is 9.36 Å². The molecular formula is C22H17ClF3N5O3. The minimum absolute atomic E-state index is 0.0312. The number of carbonyl (C=O) groups excluding carboxylic acids is 1. The molecule has 2 aromatic carbocycles. The first kappa shape index (κ1) is 23.2. The Bertz CT molecular complexity index is 1290. The largest absolute Gasteiger partial charge is 0.471 e. The van der Waals surface area contributed by atoms with Crippen molar-refractivity contribution in [1.29, 1.82) is 0 Å². The molecule has 0 fully saturated rings. The Hall–Kier alpha value is -3.99. The molecule has 4 aromatic rings. The van der Waals surface area contributed by atoms with Gasteiger partial charge in [0, 0.05) is 11.2 Å². The summed E-state index contributed by atoms with van der Waals surface area (Å²) in [6.45, 7) is -0.0644. The van der Waals surface area contributed by atoms with E-state index in [1.54, 1.807) is 30.5 Å². The highest BCUT2D eigenvalue weighted by Gasteiger charge is 2.30. The van der Waals surface area contributed by atoms with E-state index < -0.39 is 17.6 Å². The third-order valence-electron chi connectivity index (χ3n) is 4.45. The van der Waals surface area contributed by atoms with Gasteiger partial charge in [0.15, 0.2) is 19.2 Å². The van der Waals surface area contributed by atoms with E-state index in [1.165, 1.54) is 40.0 Å². The van der Waals surface area contributed by atoms with Gasteiger partial charge in [-0.1, -0.05) is 23.7 Å². The number of hydrogen-bond donors (Lipinski definition) is 1. The Morgan fingerprint density at radius 3 is 2.44 bits per heavy atom. The summed E-state index contributed by atoms with van der Waals surface area (Å²) in [6.07, 6.45) is 0.0411. The number of benzene rings is 2. The fourth-order valence-electron chi connectivity index (χ4n) is 2.85. The van der Waals surface area contributed by atoms with E-state index in [0.717, 1.165) is 12.1 Å². The molecule has 0 unspecified atom stereocenters. The van der Waals surface area contributed by atoms with Gasteiger partial charge in [0.2, 0.25) is 0 Å². The van der Waals surface area contributed by atoms with E-state index in [4.69, 9.17) is 21.1 Å². The molecule has 0 aliphatic carbocycles. The molecule has 0 atom stereocenters. The highest BCUT2D eigenvalue weighted by atomic mass is 35.5. The molecule has 0 aliphatic rings. The van der Waals surface area contributed by atoms with Crippen LogP contribution in [0.5, 0.6) is 11.5 Å². The van der Waals surface area contributed by atoms with Crippen molar-refractivity contribution in [3.63, 3.8) is 0 Å². The molecule has 0 saturated heterocycles. The minimum Gasteiger partial charge on any atom is -0.471 e. The summed E-state index contributed by atoms with van der Waals surface area (Å²) < 4.78 is 52.1. The van der Waals surface area contributed by atoms with E-state index in [9.17, 15) is 18.0 Å². The highest BCUT2D eigenvalue weighted by Crippen LogP contribution is 2.31. The van der Waals surface area contributed by atoms with Gasteiger partial charge in [-0.15, -0.1) is 0 Å². The van der Waals surface area contributed by atoms with Crippen LogP contribution in [-0.2, 0) is 19.6 Å². The molecule has 0 spiro atoms. The van der Waals surface area contributed by atoms with Crippen LogP contribution in [-0.4, -0.2) is 25.5 Å². The Balaban J connectivity index is 1.30. The zero-order chi connectivity index (χ0) is 24.1. The molecule has 176 valence electrons. The number of rotatable bonds is 8. The first-order valence-corrected chi connectivity index (χ1v) is 10.2. The zero-order valence-corrected chi connectivity index (χ0v) is 18.1. The Morgan fingerprint density at radius 1 is 1.00 bits per heavy atom. The topological polar surface area (TPSA) is 83.2 Å². The number of aromatic nitrogens is 4. The second-order valence-electron chi connectivity index (χ2n) is 6.99. The zero-order valence-electron chi connectivity index (χ0n) is 17.4. The van der Waals surface area contributed by atoms with Crippen LogP contribution in [0, 0.1) is 0 Å². The fraction of sp³-hybridized carbons (Fsp3) is 0.136. The summed E-state index contributed by atoms with van der Waals surface area (Å²) >= 11 is 5.92. The van der Waals surface area contributed by atoms with Crippen molar-refractivity contribution in [2.24, 2.45) is 0 Å². The standard InChI is InChI=1S/C22H17ClF3N5O3/c23-16-4-2-6-19(10-16)34-14-31-12-17(11-27-31)28-21(32)20-7-8-30(29-20)13-33-18-5-1-3-15(9-18)22(24,25)26/h1-12H,13-14H2,(H,28,32). The number of halogens is 4. The van der Waals surface area contributed by atoms with Crippen molar-refractivity contribution in [2.75, 3.05) is 5.32 Å². The van der Waals surface area contributed by atoms with Crippen molar-refractivity contribution < 1.29 is 27.4 Å². The minimum atomic E-state index is -4.47. The molecule has 0 bridgehead atoms. The second-order valence-corrected chi connectivity index (χ2v) is 7.43. The molecule has 0 aliphatic heterocycles. The molecule has 1 N–H and O–H groups in total. The van der Waals surface area contributed by atoms with Crippen LogP contribution in [0.15, 0.2) is 73.2 Å². The maximum Gasteiger partial charge on any atom is 0.416 e. The molecule has 12 heteroatoms. The van der Waals surface area contributed by atoms with Crippen LogP contribution in [0.2, 0.25) is 5.02 Å². The number of alkyl halides is 3. The van der Waals surface area contributed by atoms with Crippen molar-refractivity contribution in [2.45, 2.75) is 19.6 Å². The second kappa shape index (κ2) is 9.87. The molecule has 1 amide bonds. The molecule has 34 heavy (non-hydrogen) atoms. The number of ether oxygens (including phenoxy) is 2. The summed E-state index contributed by atoms with van der Waals surface area (Å²) in [4.78, 5) is 12.4. The first-order valence-electron chi connectivity index (χ1n) is 9.82. The third-order valence-corrected chi connectivity index (χ3v) is 4.68. The van der Waals surface area contributed by atoms with E-state index in [2.05, 4.69) is 15.5 Å². The number of nitrogens with one attached hydrogen (secondary N) is 1. The molecule has 0 radical (unpaired) electrons. The predicted molar refractivity (Wildman–Crippen MR) is 117 cm³/mol. The van der Waals surface area contributed by atoms with Crippen LogP contribution < -0.4 is 14.8 Å². The quantitative estimate of drug-likeness (QED) is 0.372. The van der Waals surface area contributed by atoms with E-state index >= 15 is 0 Å². The number of nitrogens with zero attached hydrogens (tertiary/aromatic N) is 4. The van der Waals surface area contributed by atoms with Crippen LogP contribution in [0.3, 0.4) is 0 Å². The van der Waals surface area contributed by atoms with Crippen molar-refractivity contribution >= 4 is 23.2 Å². The Kier molecular flexibility index (Phi) is 6.73. The summed E-state index contributed by atoms with van der Waals surface area (Å²) in [6, 6.07) is 12.9. The van der Waals surface area contributed by atoms with Gasteiger partial charge in [-0.2, -0.15) is 23.4 Å². The van der Waals surface area contributed by atoms with Crippen molar-refractivity contribution in [1.82, 2.24) is 19.6 Å². The van der Waals surface area contributed by atoms with Crippen molar-refractivity contribution in [3.8, 4) is 11.5 Å². The Labute approximate surface area is 196 Å². The van der Waals surface area contributed by atoms with Gasteiger partial charge in [0.25, 0.3) is 5.91 Å². The van der Waals surface area contributed by atoms with Crippen LogP contribution in [0.25, 0.3) is 0 Å². The lowest BCUT2D eigenvalue weighted by Crippen LogP contribution is -2.14. The van der Waals surface area contributed by atoms with E-state index in [1.807, 2.05) is 0 Å². The van der Waals surface area contributed by atoms with Crippen LogP contribution in [0.1, 0.15) is 16.1 Å². The normalized spacial score (nSPS) is 11.3. The van der Waals surface area contributed by atoms with Gasteiger partial charge in [0.05, 0.1) is 23.6 Å². The Morgan fingerprint density at radius 2 is 1.71 bits per heavy atom. The number of carbonyl (C=O) groups is 1. The highest BCUT2D eigenvalue weighted by molar-refractivity contribution is 6.30. The average Bonchev–Trinajstić information content (AvgIpc) is 3.46. The number of amides is 1. The van der Waals surface area contributed by atoms with Crippen molar-refractivity contribution in [3.05, 3.63) is 89.5 Å². The molecule has 0 saturated carbocycles. The van der Waals surface area contributed by atoms with E-state index in [0.29, 0.717) is 16.5 Å². The lowest BCUT2D eigenvalue weighted by molar-refractivity contribution is -0.137. The number of hydrogen-bond acceptors (Lipinski definition) is 5. The van der Waals surface area contributed by atoms with Gasteiger partial charge in [-0.3, -0.25) is 4.79 Å². The summed E-state index contributed by atoms with van der Waals surface area (Å²) in [7, 11) is 0. The molecule has 2 aromatic heterocycles. The maximum atomic E-state index is 12.8. The lowest BCUT2D eigenvalue weighted by Gasteiger charge is -2.10. The number of anilines is 1. The molecular weight excluding hydrogens is 475 g/mol. The molecule has 8 nitrogen and oxygen atoms in total. The maximum absolute atomic E-state index is 12.8. The van der Waals surface area contributed by atoms with Crippen LogP contribution >= 0.6 is 11.6 Å². The van der Waals surface area contributed by atoms with Gasteiger partial charge in [0.1, 0.15) is 11.5 Å². The monoisotopic (exact) mass is 491 g/mol. The summed E-state index contributed by atoms with van der Waals surface area (Å²) in [5.74, 6) is 0.114. The molecule has 2 heterocycles. The summed E-state index contributed by atoms with van der Waals surface area (Å²) in [5.41, 5.74) is -0.297. The average molecular weight is 492 g/mol. The first-order chi connectivity index (χ1) is 16.3. The summed E-state index contributed by atoms with van der Waals surface area (Å²) in [5, 5.41) is 11.4. The smallest absolute Gasteiger partial charge is 0.416 e. The van der Waals surface area contributed by atoms with Gasteiger partial charge in [-0.05, 0) is 42.5 Å². The van der Waals surface area contributed by atoms with Gasteiger partial charge < -0.3 is 14.8 Å². The predicted octanol–water partition coefficient (Wildman–Crippen LogP) is 5.08. The lowest BCUT2D eigenvalue weighted by atomic mass is 10.2. The van der Waals surface area contributed by atoms with Crippen LogP contribution in [0.4, 0.5) is 18.9 Å².